The van der Waals surface area contributed by atoms with Crippen LogP contribution in [0.4, 0.5) is 0 Å². The van der Waals surface area contributed by atoms with E-state index in [0.717, 1.165) is 24.3 Å². The van der Waals surface area contributed by atoms with Crippen LogP contribution in [0.3, 0.4) is 0 Å². The molecule has 0 aliphatic carbocycles. The molecule has 5 nitrogen and oxygen atoms in total. The molecular weight excluding hydrogens is 308 g/mol. The topological polar surface area (TPSA) is 58.6 Å². The van der Waals surface area contributed by atoms with Gasteiger partial charge in [-0.15, -0.1) is 11.3 Å². The molecule has 0 bridgehead atoms. The molecule has 7 heteroatoms. The van der Waals surface area contributed by atoms with Crippen LogP contribution in [0.15, 0.2) is 16.3 Å². The summed E-state index contributed by atoms with van der Waals surface area (Å²) in [5.41, 5.74) is 0. The lowest BCUT2D eigenvalue weighted by Crippen LogP contribution is -2.36. The van der Waals surface area contributed by atoms with E-state index in [1.54, 1.807) is 13.1 Å². The molecule has 0 amide bonds. The summed E-state index contributed by atoms with van der Waals surface area (Å²) in [4.78, 5) is 1.10. The zero-order chi connectivity index (χ0) is 15.5. The fourth-order valence-corrected chi connectivity index (χ4v) is 5.17. The summed E-state index contributed by atoms with van der Waals surface area (Å²) >= 11 is 1.37. The van der Waals surface area contributed by atoms with Crippen molar-refractivity contribution in [3.63, 3.8) is 0 Å². The van der Waals surface area contributed by atoms with Gasteiger partial charge < -0.3 is 10.1 Å². The van der Waals surface area contributed by atoms with Crippen LogP contribution in [0.2, 0.25) is 0 Å². The first-order chi connectivity index (χ1) is 9.91. The van der Waals surface area contributed by atoms with Crippen molar-refractivity contribution in [2.24, 2.45) is 0 Å². The first kappa shape index (κ1) is 16.9. The van der Waals surface area contributed by atoms with E-state index in [9.17, 15) is 8.42 Å². The average Bonchev–Trinajstić information content (AvgIpc) is 3.08. The van der Waals surface area contributed by atoms with Crippen molar-refractivity contribution in [1.82, 2.24) is 9.62 Å². The number of ether oxygens (including phenoxy) is 1. The van der Waals surface area contributed by atoms with Crippen LogP contribution in [0.1, 0.15) is 25.1 Å². The summed E-state index contributed by atoms with van der Waals surface area (Å²) in [5, 5.41) is 3.34. The highest BCUT2D eigenvalue weighted by Crippen LogP contribution is 2.27. The third-order valence-electron chi connectivity index (χ3n) is 3.61. The molecule has 0 saturated carbocycles. The molecule has 1 aliphatic rings. The molecule has 1 aliphatic heterocycles. The predicted octanol–water partition coefficient (Wildman–Crippen LogP) is 1.70. The Balaban J connectivity index is 2.01. The lowest BCUT2D eigenvalue weighted by Gasteiger charge is -2.21. The van der Waals surface area contributed by atoms with E-state index < -0.39 is 10.0 Å². The molecule has 1 saturated heterocycles. The second-order valence-electron chi connectivity index (χ2n) is 5.62. The van der Waals surface area contributed by atoms with E-state index in [-0.39, 0.29) is 6.04 Å². The van der Waals surface area contributed by atoms with Gasteiger partial charge in [-0.2, -0.15) is 4.31 Å². The molecule has 21 heavy (non-hydrogen) atoms. The van der Waals surface area contributed by atoms with Crippen LogP contribution >= 0.6 is 11.3 Å². The predicted molar refractivity (Wildman–Crippen MR) is 85.3 cm³/mol. The van der Waals surface area contributed by atoms with E-state index in [1.807, 2.05) is 6.07 Å². The van der Waals surface area contributed by atoms with Gasteiger partial charge in [0, 0.05) is 31.1 Å². The molecular formula is C14H24N2O3S2. The maximum absolute atomic E-state index is 12.6. The Kier molecular flexibility index (Phi) is 5.79. The molecule has 1 atom stereocenters. The SMILES string of the molecule is CC(C)NCCc1ccc(S(=O)(=O)N(C)C2CCOC2)s1. The Bertz CT molecular complexity index is 548. The Morgan fingerprint density at radius 3 is 2.86 bits per heavy atom. The number of hydrogen-bond acceptors (Lipinski definition) is 5. The van der Waals surface area contributed by atoms with Gasteiger partial charge in [0.2, 0.25) is 0 Å². The van der Waals surface area contributed by atoms with Crippen LogP contribution in [0.5, 0.6) is 0 Å². The summed E-state index contributed by atoms with van der Waals surface area (Å²) in [6, 6.07) is 4.04. The Morgan fingerprint density at radius 1 is 1.48 bits per heavy atom. The summed E-state index contributed by atoms with van der Waals surface area (Å²) in [5.74, 6) is 0. The molecule has 0 spiro atoms. The van der Waals surface area contributed by atoms with E-state index in [4.69, 9.17) is 4.74 Å². The Morgan fingerprint density at radius 2 is 2.24 bits per heavy atom. The minimum absolute atomic E-state index is 0.0387. The fourth-order valence-electron chi connectivity index (χ4n) is 2.26. The first-order valence-corrected chi connectivity index (χ1v) is 9.55. The molecule has 1 unspecified atom stereocenters. The fraction of sp³-hybridized carbons (Fsp3) is 0.714. The third-order valence-corrected chi connectivity index (χ3v) is 7.14. The highest BCUT2D eigenvalue weighted by Gasteiger charge is 2.31. The van der Waals surface area contributed by atoms with Gasteiger partial charge in [-0.05, 0) is 25.0 Å². The quantitative estimate of drug-likeness (QED) is 0.826. The van der Waals surface area contributed by atoms with Crippen molar-refractivity contribution < 1.29 is 13.2 Å². The molecule has 2 heterocycles. The highest BCUT2D eigenvalue weighted by atomic mass is 32.2. The minimum atomic E-state index is -3.39. The number of nitrogens with one attached hydrogen (secondary N) is 1. The number of hydrogen-bond donors (Lipinski definition) is 1. The van der Waals surface area contributed by atoms with Gasteiger partial charge >= 0.3 is 0 Å². The van der Waals surface area contributed by atoms with Gasteiger partial charge in [0.25, 0.3) is 10.0 Å². The number of sulfonamides is 1. The van der Waals surface area contributed by atoms with E-state index in [1.165, 1.54) is 15.6 Å². The minimum Gasteiger partial charge on any atom is -0.380 e. The highest BCUT2D eigenvalue weighted by molar-refractivity contribution is 7.91. The zero-order valence-corrected chi connectivity index (χ0v) is 14.5. The number of nitrogens with zero attached hydrogens (tertiary/aromatic N) is 1. The molecule has 0 radical (unpaired) electrons. The van der Waals surface area contributed by atoms with Gasteiger partial charge in [0.05, 0.1) is 12.6 Å². The second kappa shape index (κ2) is 7.19. The van der Waals surface area contributed by atoms with Crippen LogP contribution < -0.4 is 5.32 Å². The van der Waals surface area contributed by atoms with Gasteiger partial charge in [0.15, 0.2) is 0 Å². The lowest BCUT2D eigenvalue weighted by atomic mass is 10.3. The third kappa shape index (κ3) is 4.26. The van der Waals surface area contributed by atoms with E-state index in [0.29, 0.717) is 23.5 Å². The maximum atomic E-state index is 12.6. The van der Waals surface area contributed by atoms with Gasteiger partial charge in [-0.3, -0.25) is 0 Å². The van der Waals surface area contributed by atoms with Crippen LogP contribution in [0.25, 0.3) is 0 Å². The van der Waals surface area contributed by atoms with Gasteiger partial charge in [0.1, 0.15) is 4.21 Å². The molecule has 1 aromatic heterocycles. The summed E-state index contributed by atoms with van der Waals surface area (Å²) < 4.78 is 32.3. The van der Waals surface area contributed by atoms with Crippen molar-refractivity contribution >= 4 is 21.4 Å². The van der Waals surface area contributed by atoms with E-state index in [2.05, 4.69) is 19.2 Å². The van der Waals surface area contributed by atoms with Crippen molar-refractivity contribution in [3.8, 4) is 0 Å². The molecule has 1 N–H and O–H groups in total. The van der Waals surface area contributed by atoms with Gasteiger partial charge in [-0.25, -0.2) is 8.42 Å². The number of rotatable bonds is 7. The smallest absolute Gasteiger partial charge is 0.252 e. The number of likely N-dealkylation sites (N-methyl/N-ethyl adjacent to an activating group) is 1. The van der Waals surface area contributed by atoms with Gasteiger partial charge in [-0.1, -0.05) is 13.8 Å². The molecule has 1 aromatic rings. The van der Waals surface area contributed by atoms with Crippen LogP contribution in [-0.4, -0.2) is 51.6 Å². The molecule has 120 valence electrons. The maximum Gasteiger partial charge on any atom is 0.252 e. The largest absolute Gasteiger partial charge is 0.380 e. The van der Waals surface area contributed by atoms with Crippen molar-refractivity contribution in [2.75, 3.05) is 26.8 Å². The van der Waals surface area contributed by atoms with Crippen molar-refractivity contribution in [3.05, 3.63) is 17.0 Å². The second-order valence-corrected chi connectivity index (χ2v) is 9.01. The number of thiophene rings is 1. The van der Waals surface area contributed by atoms with Crippen LogP contribution in [0, 0.1) is 0 Å². The van der Waals surface area contributed by atoms with Crippen molar-refractivity contribution in [2.45, 2.75) is 43.0 Å². The average molecular weight is 332 g/mol. The molecule has 2 rings (SSSR count). The summed E-state index contributed by atoms with van der Waals surface area (Å²) in [7, 11) is -1.74. The zero-order valence-electron chi connectivity index (χ0n) is 12.8. The molecule has 0 aromatic carbocycles. The summed E-state index contributed by atoms with van der Waals surface area (Å²) in [6.07, 6.45) is 1.63. The molecule has 1 fully saturated rings. The first-order valence-electron chi connectivity index (χ1n) is 7.29. The standard InChI is InChI=1S/C14H24N2O3S2/c1-11(2)15-8-6-13-4-5-14(20-13)21(17,18)16(3)12-7-9-19-10-12/h4-5,11-12,15H,6-10H2,1-3H3. The summed E-state index contributed by atoms with van der Waals surface area (Å²) in [6.45, 7) is 6.20. The monoisotopic (exact) mass is 332 g/mol. The van der Waals surface area contributed by atoms with E-state index >= 15 is 0 Å². The lowest BCUT2D eigenvalue weighted by molar-refractivity contribution is 0.181. The van der Waals surface area contributed by atoms with Crippen LogP contribution in [-0.2, 0) is 21.2 Å². The Labute approximate surface area is 131 Å². The van der Waals surface area contributed by atoms with Crippen molar-refractivity contribution in [1.29, 1.82) is 0 Å². The Hall–Kier alpha value is -0.470. The normalized spacial score (nSPS) is 19.8.